The van der Waals surface area contributed by atoms with E-state index in [0.29, 0.717) is 4.88 Å². The van der Waals surface area contributed by atoms with Crippen LogP contribution in [0.1, 0.15) is 29.4 Å². The van der Waals surface area contributed by atoms with Gasteiger partial charge in [0.25, 0.3) is 5.91 Å². The molecule has 0 aliphatic heterocycles. The first-order valence-electron chi connectivity index (χ1n) is 6.70. The summed E-state index contributed by atoms with van der Waals surface area (Å²) in [7, 11) is 1.44. The van der Waals surface area contributed by atoms with Crippen LogP contribution in [0.3, 0.4) is 0 Å². The van der Waals surface area contributed by atoms with Crippen LogP contribution in [0.4, 0.5) is 0 Å². The number of carbonyl (C=O) groups is 3. The number of methoxy groups -OCH3 is 1. The number of amides is 2. The Morgan fingerprint density at radius 3 is 2.68 bits per heavy atom. The minimum Gasteiger partial charge on any atom is -0.481 e. The molecule has 0 saturated heterocycles. The van der Waals surface area contributed by atoms with E-state index in [-0.39, 0.29) is 37.8 Å². The van der Waals surface area contributed by atoms with Gasteiger partial charge in [-0.3, -0.25) is 14.4 Å². The lowest BCUT2D eigenvalue weighted by molar-refractivity contribution is -0.139. The van der Waals surface area contributed by atoms with Gasteiger partial charge < -0.3 is 20.5 Å². The number of carboxylic acid groups (broad SMARTS) is 1. The van der Waals surface area contributed by atoms with Crippen molar-refractivity contribution in [2.45, 2.75) is 25.3 Å². The van der Waals surface area contributed by atoms with Gasteiger partial charge in [0.15, 0.2) is 0 Å². The zero-order chi connectivity index (χ0) is 16.6. The van der Waals surface area contributed by atoms with E-state index in [4.69, 9.17) is 9.84 Å². The molecule has 1 rings (SSSR count). The second-order valence-corrected chi connectivity index (χ2v) is 6.04. The lowest BCUT2D eigenvalue weighted by Crippen LogP contribution is -2.51. The molecule has 1 aromatic rings. The molecule has 1 atom stereocenters. The topological polar surface area (TPSA) is 105 Å². The number of thiophene rings is 1. The number of carboxylic acids is 1. The van der Waals surface area contributed by atoms with E-state index in [1.54, 1.807) is 24.4 Å². The zero-order valence-corrected chi connectivity index (χ0v) is 13.4. The van der Waals surface area contributed by atoms with E-state index in [9.17, 15) is 14.4 Å². The minimum absolute atomic E-state index is 0.0655. The average molecular weight is 328 g/mol. The average Bonchev–Trinajstić information content (AvgIpc) is 2.90. The standard InChI is InChI=1S/C14H20N2O5S/c1-14(9-21-2,8-12(18)19)16-11(17)5-6-15-13(20)10-4-3-7-22-10/h3-4,7H,5-6,8-9H2,1-2H3,(H,15,20)(H,16,17)(H,18,19). The molecule has 1 aromatic heterocycles. The van der Waals surface area contributed by atoms with Crippen LogP contribution in [0.2, 0.25) is 0 Å². The normalized spacial score (nSPS) is 13.2. The predicted octanol–water partition coefficient (Wildman–Crippen LogP) is 0.864. The first kappa shape index (κ1) is 18.1. The summed E-state index contributed by atoms with van der Waals surface area (Å²) in [4.78, 5) is 35.0. The Morgan fingerprint density at radius 2 is 2.14 bits per heavy atom. The van der Waals surface area contributed by atoms with Crippen molar-refractivity contribution < 1.29 is 24.2 Å². The summed E-state index contributed by atoms with van der Waals surface area (Å²) < 4.78 is 4.95. The van der Waals surface area contributed by atoms with Gasteiger partial charge in [0.2, 0.25) is 5.91 Å². The molecule has 3 N–H and O–H groups in total. The Balaban J connectivity index is 2.40. The van der Waals surface area contributed by atoms with Crippen LogP contribution in [-0.4, -0.2) is 48.7 Å². The Bertz CT molecular complexity index is 517. The fourth-order valence-corrected chi connectivity index (χ4v) is 2.61. The highest BCUT2D eigenvalue weighted by Gasteiger charge is 2.29. The van der Waals surface area contributed by atoms with Crippen molar-refractivity contribution in [2.24, 2.45) is 0 Å². The molecule has 0 aliphatic rings. The predicted molar refractivity (Wildman–Crippen MR) is 81.9 cm³/mol. The molecular formula is C14H20N2O5S. The number of aliphatic carboxylic acids is 1. The van der Waals surface area contributed by atoms with Gasteiger partial charge in [-0.1, -0.05) is 6.07 Å². The van der Waals surface area contributed by atoms with Gasteiger partial charge in [0, 0.05) is 20.1 Å². The highest BCUT2D eigenvalue weighted by molar-refractivity contribution is 7.12. The monoisotopic (exact) mass is 328 g/mol. The second-order valence-electron chi connectivity index (χ2n) is 5.10. The zero-order valence-electron chi connectivity index (χ0n) is 12.5. The maximum absolute atomic E-state index is 11.9. The van der Waals surface area contributed by atoms with Crippen molar-refractivity contribution in [2.75, 3.05) is 20.3 Å². The summed E-state index contributed by atoms with van der Waals surface area (Å²) in [6, 6.07) is 3.47. The molecule has 8 heteroatoms. The Kier molecular flexibility index (Phi) is 7.00. The van der Waals surface area contributed by atoms with Gasteiger partial charge in [-0.2, -0.15) is 0 Å². The van der Waals surface area contributed by atoms with E-state index < -0.39 is 11.5 Å². The van der Waals surface area contributed by atoms with E-state index in [0.717, 1.165) is 0 Å². The van der Waals surface area contributed by atoms with Crippen LogP contribution in [0.5, 0.6) is 0 Å². The van der Waals surface area contributed by atoms with Crippen LogP contribution in [-0.2, 0) is 14.3 Å². The van der Waals surface area contributed by atoms with Crippen molar-refractivity contribution in [3.05, 3.63) is 22.4 Å². The van der Waals surface area contributed by atoms with Crippen LogP contribution in [0.25, 0.3) is 0 Å². The van der Waals surface area contributed by atoms with Gasteiger partial charge >= 0.3 is 5.97 Å². The van der Waals surface area contributed by atoms with Gasteiger partial charge in [-0.25, -0.2) is 0 Å². The molecule has 0 fully saturated rings. The molecule has 0 radical (unpaired) electrons. The highest BCUT2D eigenvalue weighted by atomic mass is 32.1. The lowest BCUT2D eigenvalue weighted by Gasteiger charge is -2.28. The van der Waals surface area contributed by atoms with Crippen LogP contribution in [0, 0.1) is 0 Å². The van der Waals surface area contributed by atoms with E-state index >= 15 is 0 Å². The largest absolute Gasteiger partial charge is 0.481 e. The summed E-state index contributed by atoms with van der Waals surface area (Å²) in [5.74, 6) is -1.59. The second kappa shape index (κ2) is 8.50. The number of carbonyl (C=O) groups excluding carboxylic acids is 2. The van der Waals surface area contributed by atoms with Crippen molar-refractivity contribution in [3.63, 3.8) is 0 Å². The minimum atomic E-state index is -1.02. The summed E-state index contributed by atoms with van der Waals surface area (Å²) in [6.45, 7) is 1.87. The molecule has 22 heavy (non-hydrogen) atoms. The Labute approximate surface area is 132 Å². The Morgan fingerprint density at radius 1 is 1.41 bits per heavy atom. The molecule has 2 amide bonds. The molecule has 0 saturated carbocycles. The Hall–Kier alpha value is -1.93. The maximum atomic E-state index is 11.9. The SMILES string of the molecule is COCC(C)(CC(=O)O)NC(=O)CCNC(=O)c1cccs1. The van der Waals surface area contributed by atoms with Crippen molar-refractivity contribution in [1.29, 1.82) is 0 Å². The van der Waals surface area contributed by atoms with Gasteiger partial charge in [0.05, 0.1) is 23.4 Å². The van der Waals surface area contributed by atoms with Crippen LogP contribution >= 0.6 is 11.3 Å². The first-order valence-corrected chi connectivity index (χ1v) is 7.58. The highest BCUT2D eigenvalue weighted by Crippen LogP contribution is 2.11. The summed E-state index contributed by atoms with van der Waals surface area (Å²) >= 11 is 1.32. The summed E-state index contributed by atoms with van der Waals surface area (Å²) in [5, 5.41) is 16.0. The fraction of sp³-hybridized carbons (Fsp3) is 0.500. The van der Waals surface area contributed by atoms with E-state index in [1.807, 2.05) is 0 Å². The van der Waals surface area contributed by atoms with Gasteiger partial charge in [0.1, 0.15) is 0 Å². The number of nitrogens with one attached hydrogen (secondary N) is 2. The molecule has 0 spiro atoms. The van der Waals surface area contributed by atoms with E-state index in [2.05, 4.69) is 10.6 Å². The molecule has 0 aliphatic carbocycles. The number of hydrogen-bond acceptors (Lipinski definition) is 5. The van der Waals surface area contributed by atoms with Crippen molar-refractivity contribution >= 4 is 29.1 Å². The third-order valence-electron chi connectivity index (χ3n) is 2.83. The summed E-state index contributed by atoms with van der Waals surface area (Å²) in [5.41, 5.74) is -0.977. The third kappa shape index (κ3) is 6.23. The van der Waals surface area contributed by atoms with Crippen molar-refractivity contribution in [1.82, 2.24) is 10.6 Å². The van der Waals surface area contributed by atoms with Crippen LogP contribution in [0.15, 0.2) is 17.5 Å². The van der Waals surface area contributed by atoms with E-state index in [1.165, 1.54) is 18.4 Å². The molecule has 7 nitrogen and oxygen atoms in total. The molecule has 1 heterocycles. The smallest absolute Gasteiger partial charge is 0.305 e. The maximum Gasteiger partial charge on any atom is 0.305 e. The molecular weight excluding hydrogens is 308 g/mol. The van der Waals surface area contributed by atoms with Gasteiger partial charge in [-0.15, -0.1) is 11.3 Å². The van der Waals surface area contributed by atoms with Crippen LogP contribution < -0.4 is 10.6 Å². The quantitative estimate of drug-likeness (QED) is 0.624. The lowest BCUT2D eigenvalue weighted by atomic mass is 9.98. The molecule has 0 bridgehead atoms. The van der Waals surface area contributed by atoms with Crippen molar-refractivity contribution in [3.8, 4) is 0 Å². The fourth-order valence-electron chi connectivity index (χ4n) is 1.97. The number of ether oxygens (including phenoxy) is 1. The number of rotatable bonds is 9. The summed E-state index contributed by atoms with van der Waals surface area (Å²) in [6.07, 6.45) is -0.176. The molecule has 0 aromatic carbocycles. The van der Waals surface area contributed by atoms with Gasteiger partial charge in [-0.05, 0) is 18.4 Å². The molecule has 122 valence electrons. The third-order valence-corrected chi connectivity index (χ3v) is 3.70. The molecule has 1 unspecified atom stereocenters. The first-order chi connectivity index (χ1) is 10.4. The number of hydrogen-bond donors (Lipinski definition) is 3.